The predicted molar refractivity (Wildman–Crippen MR) is 102 cm³/mol. The van der Waals surface area contributed by atoms with E-state index >= 15 is 0 Å². The van der Waals surface area contributed by atoms with Crippen molar-refractivity contribution in [3.8, 4) is 11.5 Å². The number of methoxy groups -OCH3 is 2. The Labute approximate surface area is 155 Å². The third-order valence-corrected chi connectivity index (χ3v) is 4.44. The second-order valence-electron chi connectivity index (χ2n) is 6.64. The number of nitrogens with zero attached hydrogens (tertiary/aromatic N) is 1. The van der Waals surface area contributed by atoms with Gasteiger partial charge in [0, 0.05) is 25.8 Å². The summed E-state index contributed by atoms with van der Waals surface area (Å²) in [4.78, 5) is 4.61. The van der Waals surface area contributed by atoms with E-state index in [4.69, 9.17) is 14.2 Å². The highest BCUT2D eigenvalue weighted by Gasteiger charge is 2.29. The molecule has 1 aromatic carbocycles. The molecule has 0 aliphatic carbocycles. The molecule has 0 amide bonds. The molecule has 1 aliphatic heterocycles. The van der Waals surface area contributed by atoms with Crippen LogP contribution in [0.2, 0.25) is 0 Å². The van der Waals surface area contributed by atoms with Crippen molar-refractivity contribution in [1.29, 1.82) is 0 Å². The maximum absolute atomic E-state index is 10.5. The SMILES string of the molecule is CCNC(=NCC1(C)CCCO1)NCC(O)c1cc(OC)cc(OC)c1. The normalized spacial score (nSPS) is 21.3. The summed E-state index contributed by atoms with van der Waals surface area (Å²) in [6.45, 7) is 6.54. The number of hydrogen-bond donors (Lipinski definition) is 3. The Morgan fingerprint density at radius 2 is 1.96 bits per heavy atom. The van der Waals surface area contributed by atoms with Gasteiger partial charge >= 0.3 is 0 Å². The number of aliphatic hydroxyl groups excluding tert-OH is 1. The van der Waals surface area contributed by atoms with Crippen LogP contribution in [0.25, 0.3) is 0 Å². The molecule has 0 aromatic heterocycles. The Morgan fingerprint density at radius 3 is 2.50 bits per heavy atom. The molecule has 0 saturated carbocycles. The minimum atomic E-state index is -0.721. The Balaban J connectivity index is 1.99. The van der Waals surface area contributed by atoms with Crippen LogP contribution in [0.5, 0.6) is 11.5 Å². The van der Waals surface area contributed by atoms with E-state index in [0.29, 0.717) is 30.5 Å². The second kappa shape index (κ2) is 9.64. The molecule has 3 N–H and O–H groups in total. The Morgan fingerprint density at radius 1 is 1.27 bits per heavy atom. The van der Waals surface area contributed by atoms with Crippen LogP contribution in [0.3, 0.4) is 0 Å². The number of rotatable bonds is 8. The molecule has 0 bridgehead atoms. The predicted octanol–water partition coefficient (Wildman–Crippen LogP) is 1.86. The van der Waals surface area contributed by atoms with E-state index in [1.165, 1.54) is 0 Å². The number of ether oxygens (including phenoxy) is 3. The molecule has 1 heterocycles. The van der Waals surface area contributed by atoms with Gasteiger partial charge < -0.3 is 30.0 Å². The average Bonchev–Trinajstić information content (AvgIpc) is 3.10. The van der Waals surface area contributed by atoms with Gasteiger partial charge in [-0.2, -0.15) is 0 Å². The van der Waals surface area contributed by atoms with E-state index in [1.807, 2.05) is 6.92 Å². The van der Waals surface area contributed by atoms with Crippen LogP contribution in [-0.2, 0) is 4.74 Å². The monoisotopic (exact) mass is 365 g/mol. The fourth-order valence-electron chi connectivity index (χ4n) is 2.88. The van der Waals surface area contributed by atoms with E-state index in [1.54, 1.807) is 32.4 Å². The lowest BCUT2D eigenvalue weighted by Crippen LogP contribution is -2.41. The fourth-order valence-corrected chi connectivity index (χ4v) is 2.88. The molecule has 1 fully saturated rings. The molecule has 0 spiro atoms. The van der Waals surface area contributed by atoms with E-state index < -0.39 is 6.10 Å². The molecular formula is C19H31N3O4. The van der Waals surface area contributed by atoms with Gasteiger partial charge in [-0.05, 0) is 44.4 Å². The smallest absolute Gasteiger partial charge is 0.191 e. The zero-order chi connectivity index (χ0) is 19.0. The summed E-state index contributed by atoms with van der Waals surface area (Å²) in [7, 11) is 3.18. The first-order valence-corrected chi connectivity index (χ1v) is 9.07. The molecule has 2 atom stereocenters. The quantitative estimate of drug-likeness (QED) is 0.482. The van der Waals surface area contributed by atoms with Crippen molar-refractivity contribution in [2.24, 2.45) is 4.99 Å². The summed E-state index contributed by atoms with van der Waals surface area (Å²) >= 11 is 0. The summed E-state index contributed by atoms with van der Waals surface area (Å²) in [6, 6.07) is 5.37. The molecule has 7 heteroatoms. The number of nitrogens with one attached hydrogen (secondary N) is 2. The molecule has 146 valence electrons. The molecule has 26 heavy (non-hydrogen) atoms. The first-order chi connectivity index (χ1) is 12.5. The van der Waals surface area contributed by atoms with Crippen molar-refractivity contribution in [3.05, 3.63) is 23.8 Å². The van der Waals surface area contributed by atoms with Gasteiger partial charge in [0.1, 0.15) is 11.5 Å². The Bertz CT molecular complexity index is 578. The highest BCUT2D eigenvalue weighted by Crippen LogP contribution is 2.26. The van der Waals surface area contributed by atoms with Crippen LogP contribution in [0, 0.1) is 0 Å². The first-order valence-electron chi connectivity index (χ1n) is 9.07. The minimum Gasteiger partial charge on any atom is -0.497 e. The van der Waals surface area contributed by atoms with E-state index in [9.17, 15) is 5.11 Å². The van der Waals surface area contributed by atoms with Gasteiger partial charge in [-0.3, -0.25) is 4.99 Å². The summed E-state index contributed by atoms with van der Waals surface area (Å²) < 4.78 is 16.3. The first kappa shape index (κ1) is 20.3. The van der Waals surface area contributed by atoms with Gasteiger partial charge in [-0.25, -0.2) is 0 Å². The van der Waals surface area contributed by atoms with E-state index in [-0.39, 0.29) is 5.60 Å². The third kappa shape index (κ3) is 5.78. The lowest BCUT2D eigenvalue weighted by molar-refractivity contribution is 0.0283. The third-order valence-electron chi connectivity index (χ3n) is 4.44. The maximum Gasteiger partial charge on any atom is 0.191 e. The molecule has 2 unspecified atom stereocenters. The molecule has 1 aromatic rings. The molecule has 1 aliphatic rings. The van der Waals surface area contributed by atoms with Gasteiger partial charge in [-0.1, -0.05) is 0 Å². The topological polar surface area (TPSA) is 84.3 Å². The van der Waals surface area contributed by atoms with Crippen LogP contribution >= 0.6 is 0 Å². The molecule has 0 radical (unpaired) electrons. The number of guanidine groups is 1. The molecule has 2 rings (SSSR count). The van der Waals surface area contributed by atoms with Crippen LogP contribution in [0.4, 0.5) is 0 Å². The van der Waals surface area contributed by atoms with Crippen LogP contribution < -0.4 is 20.1 Å². The van der Waals surface area contributed by atoms with Crippen molar-refractivity contribution < 1.29 is 19.3 Å². The Hall–Kier alpha value is -1.99. The van der Waals surface area contributed by atoms with Crippen molar-refractivity contribution >= 4 is 5.96 Å². The molecule has 1 saturated heterocycles. The van der Waals surface area contributed by atoms with Crippen LogP contribution in [0.1, 0.15) is 38.4 Å². The van der Waals surface area contributed by atoms with Gasteiger partial charge in [0.05, 0.1) is 32.5 Å². The summed E-state index contributed by atoms with van der Waals surface area (Å²) in [6.07, 6.45) is 1.37. The van der Waals surface area contributed by atoms with Crippen molar-refractivity contribution in [3.63, 3.8) is 0 Å². The molecule has 7 nitrogen and oxygen atoms in total. The van der Waals surface area contributed by atoms with E-state index in [2.05, 4.69) is 22.5 Å². The molecular weight excluding hydrogens is 334 g/mol. The lowest BCUT2D eigenvalue weighted by atomic mass is 10.0. The van der Waals surface area contributed by atoms with Gasteiger partial charge in [0.15, 0.2) is 5.96 Å². The standard InChI is InChI=1S/C19H31N3O4/c1-5-20-18(22-13-19(2)7-6-8-26-19)21-12-17(23)14-9-15(24-3)11-16(10-14)25-4/h9-11,17,23H,5-8,12-13H2,1-4H3,(H2,20,21,22). The van der Waals surface area contributed by atoms with Crippen molar-refractivity contribution in [2.75, 3.05) is 40.5 Å². The number of aliphatic imine (C=N–C) groups is 1. The largest absolute Gasteiger partial charge is 0.497 e. The summed E-state index contributed by atoms with van der Waals surface area (Å²) in [5.41, 5.74) is 0.525. The number of aliphatic hydroxyl groups is 1. The minimum absolute atomic E-state index is 0.193. The average molecular weight is 365 g/mol. The highest BCUT2D eigenvalue weighted by atomic mass is 16.5. The van der Waals surface area contributed by atoms with Crippen molar-refractivity contribution in [1.82, 2.24) is 10.6 Å². The summed E-state index contributed by atoms with van der Waals surface area (Å²) in [5, 5.41) is 16.9. The zero-order valence-electron chi connectivity index (χ0n) is 16.2. The maximum atomic E-state index is 10.5. The van der Waals surface area contributed by atoms with Crippen molar-refractivity contribution in [2.45, 2.75) is 38.4 Å². The summed E-state index contributed by atoms with van der Waals surface area (Å²) in [5.74, 6) is 1.95. The van der Waals surface area contributed by atoms with E-state index in [0.717, 1.165) is 31.6 Å². The van der Waals surface area contributed by atoms with Gasteiger partial charge in [0.25, 0.3) is 0 Å². The second-order valence-corrected chi connectivity index (χ2v) is 6.64. The fraction of sp³-hybridized carbons (Fsp3) is 0.632. The lowest BCUT2D eigenvalue weighted by Gasteiger charge is -2.22. The number of hydrogen-bond acceptors (Lipinski definition) is 5. The highest BCUT2D eigenvalue weighted by molar-refractivity contribution is 5.79. The Kier molecular flexibility index (Phi) is 7.53. The number of benzene rings is 1. The van der Waals surface area contributed by atoms with Gasteiger partial charge in [-0.15, -0.1) is 0 Å². The van der Waals surface area contributed by atoms with Gasteiger partial charge in [0.2, 0.25) is 0 Å². The zero-order valence-corrected chi connectivity index (χ0v) is 16.2. The van der Waals surface area contributed by atoms with Crippen LogP contribution in [0.15, 0.2) is 23.2 Å². The van der Waals surface area contributed by atoms with Crippen LogP contribution in [-0.4, -0.2) is 57.1 Å².